The van der Waals surface area contributed by atoms with Crippen LogP contribution < -0.4 is 10.9 Å². The molecule has 88 valence electrons. The molecule has 0 radical (unpaired) electrons. The summed E-state index contributed by atoms with van der Waals surface area (Å²) in [5.74, 6) is 0.321. The van der Waals surface area contributed by atoms with Crippen LogP contribution in [0.15, 0.2) is 39.7 Å². The van der Waals surface area contributed by atoms with Gasteiger partial charge in [-0.3, -0.25) is 4.79 Å². The SMILES string of the molecule is Cn1cc(Br)cc(Nc2cccc(O)n2)c1=O. The summed E-state index contributed by atoms with van der Waals surface area (Å²) in [5.41, 5.74) is 0.221. The average molecular weight is 296 g/mol. The molecule has 0 bridgehead atoms. The van der Waals surface area contributed by atoms with Crippen molar-refractivity contribution in [3.63, 3.8) is 0 Å². The Labute approximate surface area is 106 Å². The molecule has 0 aliphatic carbocycles. The molecular formula is C11H10BrN3O2. The zero-order chi connectivity index (χ0) is 12.4. The van der Waals surface area contributed by atoms with Crippen LogP contribution >= 0.6 is 15.9 Å². The minimum atomic E-state index is -0.168. The van der Waals surface area contributed by atoms with Crippen LogP contribution in [0.5, 0.6) is 5.88 Å². The first-order valence-electron chi connectivity index (χ1n) is 4.85. The Balaban J connectivity index is 2.40. The zero-order valence-corrected chi connectivity index (χ0v) is 10.6. The van der Waals surface area contributed by atoms with Crippen LogP contribution in [-0.4, -0.2) is 14.7 Å². The lowest BCUT2D eigenvalue weighted by molar-refractivity contribution is 0.454. The summed E-state index contributed by atoms with van der Waals surface area (Å²) in [7, 11) is 1.66. The molecule has 0 fully saturated rings. The number of nitrogens with one attached hydrogen (secondary N) is 1. The van der Waals surface area contributed by atoms with E-state index in [9.17, 15) is 9.90 Å². The quantitative estimate of drug-likeness (QED) is 0.889. The third kappa shape index (κ3) is 2.65. The number of hydrogen-bond donors (Lipinski definition) is 2. The van der Waals surface area contributed by atoms with Crippen LogP contribution in [0.1, 0.15) is 0 Å². The number of pyridine rings is 2. The molecule has 0 aliphatic heterocycles. The van der Waals surface area contributed by atoms with Gasteiger partial charge in [0.25, 0.3) is 5.56 Å². The largest absolute Gasteiger partial charge is 0.493 e. The summed E-state index contributed by atoms with van der Waals surface area (Å²) in [5, 5.41) is 12.1. The van der Waals surface area contributed by atoms with Gasteiger partial charge in [0.2, 0.25) is 5.88 Å². The fourth-order valence-corrected chi connectivity index (χ4v) is 1.93. The molecule has 2 N–H and O–H groups in total. The highest BCUT2D eigenvalue weighted by Gasteiger charge is 2.04. The molecule has 0 saturated heterocycles. The van der Waals surface area contributed by atoms with Crippen molar-refractivity contribution < 1.29 is 5.11 Å². The molecule has 0 saturated carbocycles. The minimum absolute atomic E-state index is 0.0955. The molecule has 0 amide bonds. The van der Waals surface area contributed by atoms with Crippen molar-refractivity contribution in [1.29, 1.82) is 0 Å². The molecule has 2 aromatic heterocycles. The number of aromatic hydroxyl groups is 1. The van der Waals surface area contributed by atoms with E-state index in [2.05, 4.69) is 26.2 Å². The van der Waals surface area contributed by atoms with E-state index in [1.165, 1.54) is 10.6 Å². The van der Waals surface area contributed by atoms with Crippen molar-refractivity contribution in [3.8, 4) is 5.88 Å². The van der Waals surface area contributed by atoms with Gasteiger partial charge in [0, 0.05) is 23.8 Å². The van der Waals surface area contributed by atoms with E-state index in [4.69, 9.17) is 0 Å². The van der Waals surface area contributed by atoms with E-state index in [1.54, 1.807) is 31.4 Å². The summed E-state index contributed by atoms with van der Waals surface area (Å²) in [4.78, 5) is 15.6. The van der Waals surface area contributed by atoms with E-state index >= 15 is 0 Å². The van der Waals surface area contributed by atoms with Gasteiger partial charge in [-0.1, -0.05) is 6.07 Å². The molecule has 2 heterocycles. The smallest absolute Gasteiger partial charge is 0.274 e. The van der Waals surface area contributed by atoms with Crippen LogP contribution in [0.2, 0.25) is 0 Å². The molecule has 6 heteroatoms. The Morgan fingerprint density at radius 2 is 2.24 bits per heavy atom. The fraction of sp³-hybridized carbons (Fsp3) is 0.0909. The van der Waals surface area contributed by atoms with Crippen molar-refractivity contribution in [2.24, 2.45) is 7.05 Å². The first-order chi connectivity index (χ1) is 8.06. The molecule has 0 atom stereocenters. The van der Waals surface area contributed by atoms with Crippen LogP contribution in [0, 0.1) is 0 Å². The Hall–Kier alpha value is -1.82. The standard InChI is InChI=1S/C11H10BrN3O2/c1-15-6-7(12)5-8(11(15)17)13-9-3-2-4-10(16)14-9/h2-6H,1H3,(H2,13,14,16). The second-order valence-corrected chi connectivity index (χ2v) is 4.41. The highest BCUT2D eigenvalue weighted by atomic mass is 79.9. The van der Waals surface area contributed by atoms with Gasteiger partial charge in [0.15, 0.2) is 0 Å². The third-order valence-corrected chi connectivity index (χ3v) is 2.58. The first-order valence-corrected chi connectivity index (χ1v) is 5.65. The van der Waals surface area contributed by atoms with E-state index < -0.39 is 0 Å². The highest BCUT2D eigenvalue weighted by Crippen LogP contribution is 2.17. The fourth-order valence-electron chi connectivity index (χ4n) is 1.39. The maximum atomic E-state index is 11.8. The van der Waals surface area contributed by atoms with Gasteiger partial charge in [0.1, 0.15) is 11.5 Å². The Kier molecular flexibility index (Phi) is 3.14. The normalized spacial score (nSPS) is 10.2. The maximum absolute atomic E-state index is 11.8. The summed E-state index contributed by atoms with van der Waals surface area (Å²) in [6.45, 7) is 0. The van der Waals surface area contributed by atoms with Crippen molar-refractivity contribution in [2.75, 3.05) is 5.32 Å². The summed E-state index contributed by atoms with van der Waals surface area (Å²) >= 11 is 3.31. The third-order valence-electron chi connectivity index (χ3n) is 2.15. The van der Waals surface area contributed by atoms with Gasteiger partial charge < -0.3 is 15.0 Å². The van der Waals surface area contributed by atoms with Gasteiger partial charge in [-0.05, 0) is 28.1 Å². The molecule has 0 aromatic carbocycles. The minimum Gasteiger partial charge on any atom is -0.493 e. The van der Waals surface area contributed by atoms with E-state index in [0.29, 0.717) is 11.5 Å². The topological polar surface area (TPSA) is 67.2 Å². The second-order valence-electron chi connectivity index (χ2n) is 3.49. The molecule has 0 unspecified atom stereocenters. The highest BCUT2D eigenvalue weighted by molar-refractivity contribution is 9.10. The van der Waals surface area contributed by atoms with E-state index in [0.717, 1.165) is 4.47 Å². The van der Waals surface area contributed by atoms with Crippen LogP contribution in [0.25, 0.3) is 0 Å². The molecule has 2 rings (SSSR count). The van der Waals surface area contributed by atoms with Gasteiger partial charge in [-0.2, -0.15) is 4.98 Å². The molecule has 0 aliphatic rings. The predicted molar refractivity (Wildman–Crippen MR) is 68.6 cm³/mol. The van der Waals surface area contributed by atoms with Gasteiger partial charge >= 0.3 is 0 Å². The number of hydrogen-bond acceptors (Lipinski definition) is 4. The van der Waals surface area contributed by atoms with E-state index in [1.807, 2.05) is 0 Å². The molecule has 5 nitrogen and oxygen atoms in total. The van der Waals surface area contributed by atoms with Crippen molar-refractivity contribution in [3.05, 3.63) is 45.3 Å². The average Bonchev–Trinajstić information content (AvgIpc) is 2.25. The monoisotopic (exact) mass is 295 g/mol. The Morgan fingerprint density at radius 1 is 1.47 bits per heavy atom. The lowest BCUT2D eigenvalue weighted by Gasteiger charge is -2.07. The number of nitrogens with zero attached hydrogens (tertiary/aromatic N) is 2. The second kappa shape index (κ2) is 4.58. The lowest BCUT2D eigenvalue weighted by Crippen LogP contribution is -2.19. The van der Waals surface area contributed by atoms with Crippen molar-refractivity contribution in [2.45, 2.75) is 0 Å². The first kappa shape index (κ1) is 11.7. The van der Waals surface area contributed by atoms with Gasteiger partial charge in [-0.25, -0.2) is 0 Å². The lowest BCUT2D eigenvalue weighted by atomic mass is 10.4. The predicted octanol–water partition coefficient (Wildman–Crippen LogP) is 1.99. The van der Waals surface area contributed by atoms with Gasteiger partial charge in [-0.15, -0.1) is 0 Å². The van der Waals surface area contributed by atoms with Crippen molar-refractivity contribution >= 4 is 27.4 Å². The van der Waals surface area contributed by atoms with Crippen molar-refractivity contribution in [1.82, 2.24) is 9.55 Å². The number of aromatic nitrogens is 2. The van der Waals surface area contributed by atoms with Crippen LogP contribution in [-0.2, 0) is 7.05 Å². The van der Waals surface area contributed by atoms with E-state index in [-0.39, 0.29) is 11.4 Å². The number of aryl methyl sites for hydroxylation is 1. The molecule has 0 spiro atoms. The number of anilines is 2. The molecule has 17 heavy (non-hydrogen) atoms. The Morgan fingerprint density at radius 3 is 2.94 bits per heavy atom. The molecular weight excluding hydrogens is 286 g/mol. The summed E-state index contributed by atoms with van der Waals surface area (Å²) in [6.07, 6.45) is 1.67. The summed E-state index contributed by atoms with van der Waals surface area (Å²) in [6, 6.07) is 6.44. The van der Waals surface area contributed by atoms with Crippen LogP contribution in [0.4, 0.5) is 11.5 Å². The number of rotatable bonds is 2. The van der Waals surface area contributed by atoms with Gasteiger partial charge in [0.05, 0.1) is 0 Å². The zero-order valence-electron chi connectivity index (χ0n) is 9.01. The molecule has 2 aromatic rings. The Bertz CT molecular complexity index is 610. The maximum Gasteiger partial charge on any atom is 0.274 e. The number of halogens is 1. The summed E-state index contributed by atoms with van der Waals surface area (Å²) < 4.78 is 2.23. The van der Waals surface area contributed by atoms with Crippen LogP contribution in [0.3, 0.4) is 0 Å².